The summed E-state index contributed by atoms with van der Waals surface area (Å²) in [5.74, 6) is 0.0723. The van der Waals surface area contributed by atoms with Gasteiger partial charge in [0.05, 0.1) is 0 Å². The van der Waals surface area contributed by atoms with Gasteiger partial charge in [-0.2, -0.15) is 0 Å². The van der Waals surface area contributed by atoms with Crippen LogP contribution >= 0.6 is 0 Å². The fourth-order valence-corrected chi connectivity index (χ4v) is 2.51. The maximum Gasteiger partial charge on any atom is 0.254 e. The molecule has 2 N–H and O–H groups in total. The summed E-state index contributed by atoms with van der Waals surface area (Å²) in [6.45, 7) is 1.86. The molecule has 0 saturated heterocycles. The maximum atomic E-state index is 12.5. The summed E-state index contributed by atoms with van der Waals surface area (Å²) in [5, 5.41) is 0. The van der Waals surface area contributed by atoms with Crippen molar-refractivity contribution in [1.29, 1.82) is 0 Å². The molecule has 1 aromatic heterocycles. The van der Waals surface area contributed by atoms with E-state index >= 15 is 0 Å². The number of fused-ring (bicyclic) bond motifs is 1. The molecule has 102 valence electrons. The fourth-order valence-electron chi connectivity index (χ4n) is 2.51. The zero-order chi connectivity index (χ0) is 13.9. The molecule has 20 heavy (non-hydrogen) atoms. The van der Waals surface area contributed by atoms with Crippen LogP contribution in [0, 0.1) is 0 Å². The highest BCUT2D eigenvalue weighted by molar-refractivity contribution is 5.94. The van der Waals surface area contributed by atoms with Gasteiger partial charge in [-0.15, -0.1) is 0 Å². The molecule has 4 heteroatoms. The Labute approximate surface area is 118 Å². The molecule has 0 radical (unpaired) electrons. The van der Waals surface area contributed by atoms with Gasteiger partial charge < -0.3 is 10.6 Å². The Kier molecular flexibility index (Phi) is 3.48. The molecular formula is C16H17N3O. The van der Waals surface area contributed by atoms with Crippen molar-refractivity contribution in [2.24, 2.45) is 5.73 Å². The van der Waals surface area contributed by atoms with Crippen LogP contribution in [0.15, 0.2) is 42.6 Å². The summed E-state index contributed by atoms with van der Waals surface area (Å²) in [6, 6.07) is 11.5. The Balaban J connectivity index is 1.78. The minimum atomic E-state index is 0.0723. The molecule has 0 saturated carbocycles. The predicted octanol–water partition coefficient (Wildman–Crippen LogP) is 1.74. The standard InChI is InChI=1S/C16H17N3O/c17-10-12-3-5-13(6-4-12)16(20)19-9-7-15-14(11-19)2-1-8-18-15/h1-6,8H,7,9-11,17H2. The van der Waals surface area contributed by atoms with Crippen molar-refractivity contribution in [3.63, 3.8) is 0 Å². The molecule has 1 amide bonds. The van der Waals surface area contributed by atoms with Gasteiger partial charge in [0.15, 0.2) is 0 Å². The van der Waals surface area contributed by atoms with E-state index in [1.165, 1.54) is 0 Å². The van der Waals surface area contributed by atoms with Crippen molar-refractivity contribution in [3.05, 3.63) is 65.0 Å². The molecule has 3 rings (SSSR count). The zero-order valence-corrected chi connectivity index (χ0v) is 11.2. The molecule has 2 aromatic rings. The number of nitrogens with two attached hydrogens (primary N) is 1. The van der Waals surface area contributed by atoms with Crippen molar-refractivity contribution in [3.8, 4) is 0 Å². The van der Waals surface area contributed by atoms with E-state index in [0.29, 0.717) is 13.1 Å². The molecule has 1 aliphatic heterocycles. The number of carbonyl (C=O) groups is 1. The molecule has 1 aromatic carbocycles. The van der Waals surface area contributed by atoms with Crippen molar-refractivity contribution in [2.75, 3.05) is 6.54 Å². The van der Waals surface area contributed by atoms with Gasteiger partial charge in [-0.25, -0.2) is 0 Å². The lowest BCUT2D eigenvalue weighted by atomic mass is 10.0. The third-order valence-corrected chi connectivity index (χ3v) is 3.69. The number of aromatic nitrogens is 1. The molecule has 4 nitrogen and oxygen atoms in total. The summed E-state index contributed by atoms with van der Waals surface area (Å²) in [5.41, 5.74) is 9.57. The third-order valence-electron chi connectivity index (χ3n) is 3.69. The van der Waals surface area contributed by atoms with Crippen LogP contribution in [-0.2, 0) is 19.5 Å². The van der Waals surface area contributed by atoms with Gasteiger partial charge in [0, 0.05) is 43.5 Å². The Bertz CT molecular complexity index is 622. The van der Waals surface area contributed by atoms with Crippen LogP contribution in [0.5, 0.6) is 0 Å². The average molecular weight is 267 g/mol. The van der Waals surface area contributed by atoms with Crippen LogP contribution < -0.4 is 5.73 Å². The molecule has 1 aliphatic rings. The molecule has 0 spiro atoms. The Morgan fingerprint density at radius 2 is 2.05 bits per heavy atom. The molecule has 0 atom stereocenters. The van der Waals surface area contributed by atoms with Crippen molar-refractivity contribution < 1.29 is 4.79 Å². The van der Waals surface area contributed by atoms with Crippen LogP contribution in [0.25, 0.3) is 0 Å². The lowest BCUT2D eigenvalue weighted by Crippen LogP contribution is -2.36. The number of pyridine rings is 1. The molecule has 0 bridgehead atoms. The Hall–Kier alpha value is -2.20. The van der Waals surface area contributed by atoms with E-state index in [0.717, 1.165) is 35.3 Å². The second-order valence-corrected chi connectivity index (χ2v) is 4.99. The number of nitrogens with zero attached hydrogens (tertiary/aromatic N) is 2. The number of hydrogen-bond donors (Lipinski definition) is 1. The molecule has 0 fully saturated rings. The van der Waals surface area contributed by atoms with E-state index in [1.54, 1.807) is 0 Å². The van der Waals surface area contributed by atoms with E-state index in [-0.39, 0.29) is 5.91 Å². The van der Waals surface area contributed by atoms with Crippen molar-refractivity contribution >= 4 is 5.91 Å². The highest BCUT2D eigenvalue weighted by Crippen LogP contribution is 2.18. The second-order valence-electron chi connectivity index (χ2n) is 4.99. The largest absolute Gasteiger partial charge is 0.334 e. The lowest BCUT2D eigenvalue weighted by molar-refractivity contribution is 0.0733. The Morgan fingerprint density at radius 3 is 2.80 bits per heavy atom. The lowest BCUT2D eigenvalue weighted by Gasteiger charge is -2.28. The monoisotopic (exact) mass is 267 g/mol. The summed E-state index contributed by atoms with van der Waals surface area (Å²) in [6.07, 6.45) is 2.63. The van der Waals surface area contributed by atoms with E-state index in [9.17, 15) is 4.79 Å². The van der Waals surface area contributed by atoms with E-state index in [4.69, 9.17) is 5.73 Å². The second kappa shape index (κ2) is 5.43. The quantitative estimate of drug-likeness (QED) is 0.901. The predicted molar refractivity (Wildman–Crippen MR) is 77.0 cm³/mol. The minimum absolute atomic E-state index is 0.0723. The average Bonchev–Trinajstić information content (AvgIpc) is 2.54. The van der Waals surface area contributed by atoms with Gasteiger partial charge in [-0.1, -0.05) is 18.2 Å². The van der Waals surface area contributed by atoms with Crippen LogP contribution in [0.3, 0.4) is 0 Å². The van der Waals surface area contributed by atoms with Crippen LogP contribution in [0.1, 0.15) is 27.2 Å². The smallest absolute Gasteiger partial charge is 0.254 e. The topological polar surface area (TPSA) is 59.2 Å². The number of rotatable bonds is 2. The first-order valence-corrected chi connectivity index (χ1v) is 6.79. The van der Waals surface area contributed by atoms with Gasteiger partial charge in [0.2, 0.25) is 0 Å². The Morgan fingerprint density at radius 1 is 1.25 bits per heavy atom. The first-order chi connectivity index (χ1) is 9.78. The minimum Gasteiger partial charge on any atom is -0.334 e. The summed E-state index contributed by atoms with van der Waals surface area (Å²) in [4.78, 5) is 18.7. The van der Waals surface area contributed by atoms with E-state index in [1.807, 2.05) is 47.5 Å². The highest BCUT2D eigenvalue weighted by Gasteiger charge is 2.21. The van der Waals surface area contributed by atoms with E-state index < -0.39 is 0 Å². The first-order valence-electron chi connectivity index (χ1n) is 6.79. The number of benzene rings is 1. The van der Waals surface area contributed by atoms with Crippen molar-refractivity contribution in [2.45, 2.75) is 19.5 Å². The summed E-state index contributed by atoms with van der Waals surface area (Å²) >= 11 is 0. The van der Waals surface area contributed by atoms with Crippen molar-refractivity contribution in [1.82, 2.24) is 9.88 Å². The van der Waals surface area contributed by atoms with Gasteiger partial charge in [-0.05, 0) is 29.3 Å². The highest BCUT2D eigenvalue weighted by atomic mass is 16.2. The van der Waals surface area contributed by atoms with Crippen LogP contribution in [0.2, 0.25) is 0 Å². The van der Waals surface area contributed by atoms with Gasteiger partial charge in [-0.3, -0.25) is 9.78 Å². The van der Waals surface area contributed by atoms with Gasteiger partial charge >= 0.3 is 0 Å². The number of hydrogen-bond acceptors (Lipinski definition) is 3. The normalized spacial score (nSPS) is 13.9. The number of carbonyl (C=O) groups excluding carboxylic acids is 1. The fraction of sp³-hybridized carbons (Fsp3) is 0.250. The molecular weight excluding hydrogens is 250 g/mol. The van der Waals surface area contributed by atoms with Crippen LogP contribution in [0.4, 0.5) is 0 Å². The van der Waals surface area contributed by atoms with Crippen LogP contribution in [-0.4, -0.2) is 22.3 Å². The summed E-state index contributed by atoms with van der Waals surface area (Å²) < 4.78 is 0. The summed E-state index contributed by atoms with van der Waals surface area (Å²) in [7, 11) is 0. The van der Waals surface area contributed by atoms with Gasteiger partial charge in [0.1, 0.15) is 0 Å². The molecule has 0 unspecified atom stereocenters. The third kappa shape index (κ3) is 2.42. The maximum absolute atomic E-state index is 12.5. The SMILES string of the molecule is NCc1ccc(C(=O)N2CCc3ncccc3C2)cc1. The van der Waals surface area contributed by atoms with E-state index in [2.05, 4.69) is 4.98 Å². The number of amides is 1. The molecule has 2 heterocycles. The molecule has 0 aliphatic carbocycles. The zero-order valence-electron chi connectivity index (χ0n) is 11.2. The van der Waals surface area contributed by atoms with Gasteiger partial charge in [0.25, 0.3) is 5.91 Å². The first kappa shape index (κ1) is 12.8.